The van der Waals surface area contributed by atoms with Crippen molar-refractivity contribution in [1.29, 1.82) is 0 Å². The van der Waals surface area contributed by atoms with Gasteiger partial charge in [0.1, 0.15) is 12.3 Å². The quantitative estimate of drug-likeness (QED) is 0.568. The summed E-state index contributed by atoms with van der Waals surface area (Å²) in [7, 11) is 1.94. The maximum absolute atomic E-state index is 13.1. The van der Waals surface area contributed by atoms with Crippen LogP contribution < -0.4 is 0 Å². The molecule has 0 aromatic carbocycles. The van der Waals surface area contributed by atoms with Crippen LogP contribution in [-0.2, 0) is 24.9 Å². The van der Waals surface area contributed by atoms with E-state index in [2.05, 4.69) is 0 Å². The first-order valence-corrected chi connectivity index (χ1v) is 9.31. The molecule has 0 atom stereocenters. The number of aryl methyl sites for hydroxylation is 1. The zero-order valence-electron chi connectivity index (χ0n) is 16.2. The van der Waals surface area contributed by atoms with Crippen molar-refractivity contribution in [3.63, 3.8) is 0 Å². The maximum atomic E-state index is 13.1. The number of rotatable bonds is 9. The van der Waals surface area contributed by atoms with E-state index < -0.39 is 0 Å². The second kappa shape index (κ2) is 9.12. The average molecular weight is 383 g/mol. The molecule has 148 valence electrons. The van der Waals surface area contributed by atoms with Crippen molar-refractivity contribution >= 4 is 11.8 Å². The van der Waals surface area contributed by atoms with Gasteiger partial charge < -0.3 is 23.2 Å². The molecule has 0 fully saturated rings. The summed E-state index contributed by atoms with van der Waals surface area (Å²) >= 11 is 0. The van der Waals surface area contributed by atoms with Gasteiger partial charge in [-0.15, -0.1) is 0 Å². The molecule has 2 amide bonds. The minimum atomic E-state index is -0.281. The summed E-state index contributed by atoms with van der Waals surface area (Å²) < 4.78 is 12.6. The molecule has 7 heteroatoms. The molecule has 0 aliphatic rings. The van der Waals surface area contributed by atoms with Gasteiger partial charge in [-0.05, 0) is 42.8 Å². The molecule has 0 aliphatic carbocycles. The van der Waals surface area contributed by atoms with Crippen molar-refractivity contribution in [2.75, 3.05) is 13.1 Å². The number of aromatic nitrogens is 1. The second-order valence-corrected chi connectivity index (χ2v) is 6.64. The van der Waals surface area contributed by atoms with Crippen LogP contribution in [0.25, 0.3) is 0 Å². The molecular formula is C21H25N3O4. The van der Waals surface area contributed by atoms with Gasteiger partial charge in [0.25, 0.3) is 5.91 Å². The first kappa shape index (κ1) is 19.5. The number of carbonyl (C=O) groups excluding carboxylic acids is 2. The number of nitrogens with zero attached hydrogens (tertiary/aromatic N) is 3. The molecule has 0 spiro atoms. The van der Waals surface area contributed by atoms with Crippen LogP contribution in [0.3, 0.4) is 0 Å². The predicted octanol–water partition coefficient (Wildman–Crippen LogP) is 3.29. The van der Waals surface area contributed by atoms with Crippen molar-refractivity contribution in [3.05, 3.63) is 72.3 Å². The molecule has 7 nitrogen and oxygen atoms in total. The lowest BCUT2D eigenvalue weighted by atomic mass is 10.3. The number of hydrogen-bond acceptors (Lipinski definition) is 4. The third kappa shape index (κ3) is 4.73. The zero-order chi connectivity index (χ0) is 19.9. The molecule has 0 bridgehead atoms. The largest absolute Gasteiger partial charge is 0.467 e. The highest BCUT2D eigenvalue weighted by Gasteiger charge is 2.24. The molecule has 0 saturated carbocycles. The lowest BCUT2D eigenvalue weighted by Gasteiger charge is -2.27. The Hall–Kier alpha value is -3.22. The van der Waals surface area contributed by atoms with E-state index >= 15 is 0 Å². The van der Waals surface area contributed by atoms with Crippen LogP contribution in [0.2, 0.25) is 0 Å². The van der Waals surface area contributed by atoms with Gasteiger partial charge in [0.15, 0.2) is 5.76 Å². The first-order chi connectivity index (χ1) is 13.6. The summed E-state index contributed by atoms with van der Waals surface area (Å²) in [6.45, 7) is 3.20. The Kier molecular flexibility index (Phi) is 6.37. The van der Waals surface area contributed by atoms with E-state index in [0.717, 1.165) is 12.1 Å². The van der Waals surface area contributed by atoms with E-state index in [1.165, 1.54) is 11.2 Å². The second-order valence-electron chi connectivity index (χ2n) is 6.64. The zero-order valence-corrected chi connectivity index (χ0v) is 16.2. The van der Waals surface area contributed by atoms with Crippen molar-refractivity contribution in [2.24, 2.45) is 7.05 Å². The smallest absolute Gasteiger partial charge is 0.290 e. The monoisotopic (exact) mass is 383 g/mol. The summed E-state index contributed by atoms with van der Waals surface area (Å²) in [4.78, 5) is 29.0. The lowest BCUT2D eigenvalue weighted by molar-refractivity contribution is -0.133. The summed E-state index contributed by atoms with van der Waals surface area (Å²) in [6.07, 6.45) is 5.73. The van der Waals surface area contributed by atoms with Gasteiger partial charge in [0.2, 0.25) is 5.91 Å². The first-order valence-electron chi connectivity index (χ1n) is 9.31. The van der Waals surface area contributed by atoms with E-state index in [1.54, 1.807) is 29.4 Å². The van der Waals surface area contributed by atoms with Gasteiger partial charge in [-0.1, -0.05) is 6.92 Å². The highest BCUT2D eigenvalue weighted by atomic mass is 16.3. The molecule has 28 heavy (non-hydrogen) atoms. The SMILES string of the molecule is CCCN(CC(=O)N(Cc1ccco1)Cc1cccn1C)C(=O)c1ccco1. The fraction of sp³-hybridized carbons (Fsp3) is 0.333. The van der Waals surface area contributed by atoms with Crippen LogP contribution >= 0.6 is 0 Å². The molecular weight excluding hydrogens is 358 g/mol. The molecule has 3 rings (SSSR count). The predicted molar refractivity (Wildman–Crippen MR) is 103 cm³/mol. The van der Waals surface area contributed by atoms with Gasteiger partial charge in [0, 0.05) is 25.5 Å². The Morgan fingerprint density at radius 3 is 2.39 bits per heavy atom. The van der Waals surface area contributed by atoms with Crippen LogP contribution in [0.1, 0.15) is 35.4 Å². The fourth-order valence-corrected chi connectivity index (χ4v) is 3.02. The van der Waals surface area contributed by atoms with E-state index in [-0.39, 0.29) is 24.1 Å². The van der Waals surface area contributed by atoms with E-state index in [1.807, 2.05) is 42.9 Å². The van der Waals surface area contributed by atoms with Crippen LogP contribution in [-0.4, -0.2) is 39.3 Å². The molecule has 0 radical (unpaired) electrons. The normalized spacial score (nSPS) is 10.8. The number of hydrogen-bond donors (Lipinski definition) is 0. The minimum absolute atomic E-state index is 0.0154. The molecule has 0 N–H and O–H groups in total. The Morgan fingerprint density at radius 1 is 1.00 bits per heavy atom. The third-order valence-electron chi connectivity index (χ3n) is 4.52. The standard InChI is InChI=1S/C21H25N3O4/c1-3-10-23(21(26)19-9-6-13-28-19)16-20(25)24(15-18-8-5-12-27-18)14-17-7-4-11-22(17)2/h4-9,11-13H,3,10,14-16H2,1-2H3. The Morgan fingerprint density at radius 2 is 1.79 bits per heavy atom. The topological polar surface area (TPSA) is 71.8 Å². The Labute approximate surface area is 164 Å². The summed E-state index contributed by atoms with van der Waals surface area (Å²) in [5, 5.41) is 0. The van der Waals surface area contributed by atoms with Crippen molar-refractivity contribution < 1.29 is 18.4 Å². The third-order valence-corrected chi connectivity index (χ3v) is 4.52. The fourth-order valence-electron chi connectivity index (χ4n) is 3.02. The summed E-state index contributed by atoms with van der Waals surface area (Å²) in [5.74, 6) is 0.506. The van der Waals surface area contributed by atoms with Crippen LogP contribution in [0.15, 0.2) is 64.0 Å². The van der Waals surface area contributed by atoms with Crippen molar-refractivity contribution in [3.8, 4) is 0 Å². The van der Waals surface area contributed by atoms with Crippen LogP contribution in [0.4, 0.5) is 0 Å². The van der Waals surface area contributed by atoms with Gasteiger partial charge in [-0.25, -0.2) is 0 Å². The summed E-state index contributed by atoms with van der Waals surface area (Å²) in [6, 6.07) is 10.8. The minimum Gasteiger partial charge on any atom is -0.467 e. The molecule has 3 aromatic rings. The van der Waals surface area contributed by atoms with Crippen molar-refractivity contribution in [1.82, 2.24) is 14.4 Å². The Balaban J connectivity index is 1.76. The van der Waals surface area contributed by atoms with E-state index in [4.69, 9.17) is 8.83 Å². The van der Waals surface area contributed by atoms with E-state index in [9.17, 15) is 9.59 Å². The van der Waals surface area contributed by atoms with Gasteiger partial charge in [-0.2, -0.15) is 0 Å². The van der Waals surface area contributed by atoms with Crippen LogP contribution in [0.5, 0.6) is 0 Å². The van der Waals surface area contributed by atoms with E-state index in [0.29, 0.717) is 25.4 Å². The van der Waals surface area contributed by atoms with Gasteiger partial charge >= 0.3 is 0 Å². The van der Waals surface area contributed by atoms with Gasteiger partial charge in [0.05, 0.1) is 25.6 Å². The average Bonchev–Trinajstić information content (AvgIpc) is 3.44. The maximum Gasteiger partial charge on any atom is 0.290 e. The highest BCUT2D eigenvalue weighted by Crippen LogP contribution is 2.13. The summed E-state index contributed by atoms with van der Waals surface area (Å²) in [5.41, 5.74) is 0.999. The molecule has 3 heterocycles. The number of furan rings is 2. The van der Waals surface area contributed by atoms with Gasteiger partial charge in [-0.3, -0.25) is 9.59 Å². The molecule has 0 saturated heterocycles. The molecule has 0 aliphatic heterocycles. The molecule has 0 unspecified atom stereocenters. The number of amides is 2. The molecule has 3 aromatic heterocycles. The van der Waals surface area contributed by atoms with Crippen molar-refractivity contribution in [2.45, 2.75) is 26.4 Å². The Bertz CT molecular complexity index is 881. The number of carbonyl (C=O) groups is 2. The lowest BCUT2D eigenvalue weighted by Crippen LogP contribution is -2.42. The van der Waals surface area contributed by atoms with Crippen LogP contribution in [0, 0.1) is 0 Å². The highest BCUT2D eigenvalue weighted by molar-refractivity contribution is 5.94.